The highest BCUT2D eigenvalue weighted by molar-refractivity contribution is 7.13. The molecule has 3 heterocycles. The van der Waals surface area contributed by atoms with Crippen LogP contribution in [0.2, 0.25) is 0 Å². The predicted molar refractivity (Wildman–Crippen MR) is 110 cm³/mol. The number of carbonyl (C=O) groups excluding carboxylic acids is 1. The van der Waals surface area contributed by atoms with E-state index in [1.807, 2.05) is 35.4 Å². The van der Waals surface area contributed by atoms with Gasteiger partial charge in [-0.05, 0) is 43.9 Å². The molecule has 0 aliphatic carbocycles. The smallest absolute Gasteiger partial charge is 0.273 e. The Kier molecular flexibility index (Phi) is 7.33. The number of hydrogen-bond donors (Lipinski definition) is 1. The minimum Gasteiger partial charge on any atom is -0.454 e. The Bertz CT molecular complexity index is 792. The summed E-state index contributed by atoms with van der Waals surface area (Å²) in [6.45, 7) is 3.79. The fourth-order valence-electron chi connectivity index (χ4n) is 3.32. The number of nitrogens with two attached hydrogens (primary N) is 1. The van der Waals surface area contributed by atoms with Gasteiger partial charge in [-0.3, -0.25) is 4.79 Å². The average Bonchev–Trinajstić information content (AvgIpc) is 3.29. The summed E-state index contributed by atoms with van der Waals surface area (Å²) < 4.78 is 10.7. The third-order valence-corrected chi connectivity index (χ3v) is 5.80. The van der Waals surface area contributed by atoms with Gasteiger partial charge in [-0.25, -0.2) is 4.98 Å². The van der Waals surface area contributed by atoms with Crippen molar-refractivity contribution in [3.63, 3.8) is 0 Å². The highest BCUT2D eigenvalue weighted by atomic mass is 35.5. The van der Waals surface area contributed by atoms with Gasteiger partial charge in [0.25, 0.3) is 5.91 Å². The van der Waals surface area contributed by atoms with Crippen LogP contribution in [0.5, 0.6) is 11.5 Å². The second-order valence-corrected chi connectivity index (χ2v) is 7.45. The first kappa shape index (κ1) is 21.8. The third kappa shape index (κ3) is 4.48. The van der Waals surface area contributed by atoms with Crippen LogP contribution in [0.3, 0.4) is 0 Å². The molecule has 1 atom stereocenters. The first-order valence-corrected chi connectivity index (χ1v) is 9.40. The topological polar surface area (TPSA) is 77.7 Å². The molecule has 1 aromatic carbocycles. The maximum Gasteiger partial charge on any atom is 0.273 e. The minimum atomic E-state index is 0. The van der Waals surface area contributed by atoms with Crippen molar-refractivity contribution < 1.29 is 14.3 Å². The number of hydrogen-bond acceptors (Lipinski definition) is 6. The highest BCUT2D eigenvalue weighted by Gasteiger charge is 2.27. The summed E-state index contributed by atoms with van der Waals surface area (Å²) in [6, 6.07) is 5.91. The number of amides is 1. The molecule has 6 nitrogen and oxygen atoms in total. The van der Waals surface area contributed by atoms with Gasteiger partial charge in [0, 0.05) is 30.1 Å². The number of carbonyl (C=O) groups is 1. The normalized spacial score (nSPS) is 17.0. The van der Waals surface area contributed by atoms with Gasteiger partial charge in [0.1, 0.15) is 10.7 Å². The number of nitrogens with zero attached hydrogens (tertiary/aromatic N) is 2. The number of piperidine rings is 1. The van der Waals surface area contributed by atoms with Crippen molar-refractivity contribution in [2.45, 2.75) is 25.8 Å². The lowest BCUT2D eigenvalue weighted by Gasteiger charge is -2.33. The molecular weight excluding hydrogens is 409 g/mol. The number of rotatable bonds is 3. The SMILES string of the molecule is CC(N)C1CCN(C(=O)c2csc(-c3ccc4c(c3)OCO4)n2)CC1.Cl.Cl. The van der Waals surface area contributed by atoms with Gasteiger partial charge >= 0.3 is 0 Å². The number of aromatic nitrogens is 1. The van der Waals surface area contributed by atoms with E-state index in [0.717, 1.165) is 48.0 Å². The Morgan fingerprint density at radius 2 is 1.96 bits per heavy atom. The number of ether oxygens (including phenoxy) is 2. The van der Waals surface area contributed by atoms with Crippen molar-refractivity contribution in [2.24, 2.45) is 11.7 Å². The Morgan fingerprint density at radius 1 is 1.26 bits per heavy atom. The molecule has 148 valence electrons. The van der Waals surface area contributed by atoms with Crippen LogP contribution in [-0.2, 0) is 0 Å². The van der Waals surface area contributed by atoms with Crippen molar-refractivity contribution in [3.05, 3.63) is 29.3 Å². The Balaban J connectivity index is 0.00000131. The molecule has 1 unspecified atom stereocenters. The molecule has 2 N–H and O–H groups in total. The molecule has 1 fully saturated rings. The second-order valence-electron chi connectivity index (χ2n) is 6.59. The molecule has 2 aromatic rings. The molecule has 0 spiro atoms. The van der Waals surface area contributed by atoms with Crippen LogP contribution in [0.4, 0.5) is 0 Å². The molecule has 1 saturated heterocycles. The summed E-state index contributed by atoms with van der Waals surface area (Å²) >= 11 is 1.47. The molecule has 1 aromatic heterocycles. The van der Waals surface area contributed by atoms with Crippen LogP contribution >= 0.6 is 36.2 Å². The summed E-state index contributed by atoms with van der Waals surface area (Å²) in [4.78, 5) is 19.1. The summed E-state index contributed by atoms with van der Waals surface area (Å²) in [5.41, 5.74) is 7.42. The average molecular weight is 432 g/mol. The lowest BCUT2D eigenvalue weighted by atomic mass is 9.91. The molecule has 0 radical (unpaired) electrons. The Hall–Kier alpha value is -1.54. The zero-order valence-corrected chi connectivity index (χ0v) is 17.4. The van der Waals surface area contributed by atoms with Crippen molar-refractivity contribution in [1.82, 2.24) is 9.88 Å². The van der Waals surface area contributed by atoms with Crippen molar-refractivity contribution in [2.75, 3.05) is 19.9 Å². The lowest BCUT2D eigenvalue weighted by molar-refractivity contribution is 0.0676. The first-order valence-electron chi connectivity index (χ1n) is 8.52. The van der Waals surface area contributed by atoms with Gasteiger partial charge in [-0.1, -0.05) is 0 Å². The van der Waals surface area contributed by atoms with Crippen LogP contribution in [0.25, 0.3) is 10.6 Å². The van der Waals surface area contributed by atoms with E-state index >= 15 is 0 Å². The quantitative estimate of drug-likeness (QED) is 0.802. The van der Waals surface area contributed by atoms with Gasteiger partial charge < -0.3 is 20.1 Å². The van der Waals surface area contributed by atoms with E-state index in [9.17, 15) is 4.79 Å². The zero-order valence-electron chi connectivity index (χ0n) is 14.9. The largest absolute Gasteiger partial charge is 0.454 e. The van der Waals surface area contributed by atoms with Gasteiger partial charge in [0.05, 0.1) is 0 Å². The molecule has 2 aliphatic heterocycles. The zero-order chi connectivity index (χ0) is 17.4. The Labute approximate surface area is 174 Å². The van der Waals surface area contributed by atoms with E-state index in [-0.39, 0.29) is 43.6 Å². The molecule has 0 saturated carbocycles. The van der Waals surface area contributed by atoms with Gasteiger partial charge in [-0.2, -0.15) is 0 Å². The maximum atomic E-state index is 12.7. The molecule has 9 heteroatoms. The van der Waals surface area contributed by atoms with E-state index in [0.29, 0.717) is 11.6 Å². The van der Waals surface area contributed by atoms with Gasteiger partial charge in [0.2, 0.25) is 6.79 Å². The molecule has 27 heavy (non-hydrogen) atoms. The number of fused-ring (bicyclic) bond motifs is 1. The Morgan fingerprint density at radius 3 is 2.67 bits per heavy atom. The standard InChI is InChI=1S/C18H21N3O3S.2ClH/c1-11(19)12-4-6-21(7-5-12)18(22)14-9-25-17(20-14)13-2-3-15-16(8-13)24-10-23-15;;/h2-3,8-9,11-12H,4-7,10,19H2,1H3;2*1H. The van der Waals surface area contributed by atoms with E-state index in [1.54, 1.807) is 0 Å². The second kappa shape index (κ2) is 9.10. The van der Waals surface area contributed by atoms with Crippen LogP contribution in [0.15, 0.2) is 23.6 Å². The van der Waals surface area contributed by atoms with E-state index in [4.69, 9.17) is 15.2 Å². The fraction of sp³-hybridized carbons (Fsp3) is 0.444. The lowest BCUT2D eigenvalue weighted by Crippen LogP contribution is -2.42. The van der Waals surface area contributed by atoms with Gasteiger partial charge in [-0.15, -0.1) is 36.2 Å². The van der Waals surface area contributed by atoms with E-state index in [1.165, 1.54) is 11.3 Å². The minimum absolute atomic E-state index is 0. The maximum absolute atomic E-state index is 12.7. The van der Waals surface area contributed by atoms with Crippen LogP contribution in [0, 0.1) is 5.92 Å². The monoisotopic (exact) mass is 431 g/mol. The van der Waals surface area contributed by atoms with Gasteiger partial charge in [0.15, 0.2) is 11.5 Å². The van der Waals surface area contributed by atoms with Crippen LogP contribution < -0.4 is 15.2 Å². The fourth-order valence-corrected chi connectivity index (χ4v) is 4.12. The van der Waals surface area contributed by atoms with Crippen molar-refractivity contribution in [3.8, 4) is 22.1 Å². The van der Waals surface area contributed by atoms with Crippen LogP contribution in [0.1, 0.15) is 30.3 Å². The molecule has 2 aliphatic rings. The number of benzene rings is 1. The molecule has 4 rings (SSSR count). The summed E-state index contributed by atoms with van der Waals surface area (Å²) in [5, 5.41) is 2.65. The third-order valence-electron chi connectivity index (χ3n) is 4.91. The first-order chi connectivity index (χ1) is 12.1. The summed E-state index contributed by atoms with van der Waals surface area (Å²) in [6.07, 6.45) is 1.92. The van der Waals surface area contributed by atoms with Crippen molar-refractivity contribution >= 4 is 42.1 Å². The molecule has 1 amide bonds. The van der Waals surface area contributed by atoms with E-state index < -0.39 is 0 Å². The predicted octanol–water partition coefficient (Wildman–Crippen LogP) is 3.58. The number of likely N-dealkylation sites (tertiary alicyclic amines) is 1. The highest BCUT2D eigenvalue weighted by Crippen LogP contribution is 2.36. The van der Waals surface area contributed by atoms with Crippen molar-refractivity contribution in [1.29, 1.82) is 0 Å². The van der Waals surface area contributed by atoms with E-state index in [2.05, 4.69) is 4.98 Å². The molecular formula is C18H23Cl2N3O3S. The summed E-state index contributed by atoms with van der Waals surface area (Å²) in [5.74, 6) is 1.97. The summed E-state index contributed by atoms with van der Waals surface area (Å²) in [7, 11) is 0. The van der Waals surface area contributed by atoms with Crippen LogP contribution in [-0.4, -0.2) is 41.7 Å². The number of thiazole rings is 1. The molecule has 0 bridgehead atoms. The number of halogens is 2.